The van der Waals surface area contributed by atoms with Gasteiger partial charge >= 0.3 is 0 Å². The summed E-state index contributed by atoms with van der Waals surface area (Å²) in [6.45, 7) is 4.10. The standard InChI is InChI=1S/C9H16Br2O/c1-3-4-5-6-7-9(2,11)8(10)12/h3-7H2,1-2H3. The van der Waals surface area contributed by atoms with Gasteiger partial charge in [-0.25, -0.2) is 0 Å². The number of hydrogen-bond acceptors (Lipinski definition) is 1. The second-order valence-corrected chi connectivity index (χ2v) is 5.75. The number of carbonyl (C=O) groups is 1. The minimum absolute atomic E-state index is 0.0477. The Labute approximate surface area is 91.6 Å². The molecule has 1 nitrogen and oxygen atoms in total. The van der Waals surface area contributed by atoms with E-state index < -0.39 is 0 Å². The molecule has 1 unspecified atom stereocenters. The highest BCUT2D eigenvalue weighted by Crippen LogP contribution is 2.28. The van der Waals surface area contributed by atoms with Crippen LogP contribution < -0.4 is 0 Å². The molecule has 0 aromatic carbocycles. The van der Waals surface area contributed by atoms with Crippen LogP contribution in [-0.2, 0) is 4.79 Å². The van der Waals surface area contributed by atoms with Crippen molar-refractivity contribution >= 4 is 36.6 Å². The van der Waals surface area contributed by atoms with Gasteiger partial charge in [0.25, 0.3) is 0 Å². The van der Waals surface area contributed by atoms with Gasteiger partial charge in [0.05, 0.1) is 4.32 Å². The van der Waals surface area contributed by atoms with Crippen molar-refractivity contribution in [1.29, 1.82) is 0 Å². The average Bonchev–Trinajstić information content (AvgIpc) is 1.98. The summed E-state index contributed by atoms with van der Waals surface area (Å²) in [5, 5.41) is 0. The van der Waals surface area contributed by atoms with Crippen LogP contribution in [0.1, 0.15) is 46.0 Å². The molecule has 0 aliphatic carbocycles. The lowest BCUT2D eigenvalue weighted by Gasteiger charge is -2.16. The minimum atomic E-state index is -0.360. The van der Waals surface area contributed by atoms with Crippen molar-refractivity contribution in [2.75, 3.05) is 0 Å². The predicted molar refractivity (Wildman–Crippen MR) is 60.0 cm³/mol. The first kappa shape index (κ1) is 12.6. The summed E-state index contributed by atoms with van der Waals surface area (Å²) in [5.74, 6) is 0. The lowest BCUT2D eigenvalue weighted by molar-refractivity contribution is -0.112. The van der Waals surface area contributed by atoms with Gasteiger partial charge in [0, 0.05) is 0 Å². The summed E-state index contributed by atoms with van der Waals surface area (Å²) in [4.78, 5) is 11.0. The average molecular weight is 300 g/mol. The van der Waals surface area contributed by atoms with Crippen molar-refractivity contribution < 1.29 is 4.79 Å². The van der Waals surface area contributed by atoms with Crippen LogP contribution in [0.15, 0.2) is 0 Å². The van der Waals surface area contributed by atoms with Crippen molar-refractivity contribution in [2.45, 2.75) is 50.3 Å². The molecule has 0 spiro atoms. The molecule has 0 aromatic heterocycles. The maximum atomic E-state index is 11.0. The highest BCUT2D eigenvalue weighted by atomic mass is 79.9. The highest BCUT2D eigenvalue weighted by molar-refractivity contribution is 9.20. The van der Waals surface area contributed by atoms with E-state index in [2.05, 4.69) is 38.8 Å². The fraction of sp³-hybridized carbons (Fsp3) is 0.889. The maximum absolute atomic E-state index is 11.0. The van der Waals surface area contributed by atoms with Crippen LogP contribution in [0.4, 0.5) is 0 Å². The molecule has 0 aliphatic heterocycles. The summed E-state index contributed by atoms with van der Waals surface area (Å²) in [6.07, 6.45) is 5.75. The number of carbonyl (C=O) groups excluding carboxylic acids is 1. The number of rotatable bonds is 6. The van der Waals surface area contributed by atoms with E-state index in [-0.39, 0.29) is 9.02 Å². The zero-order valence-electron chi connectivity index (χ0n) is 7.70. The molecule has 0 saturated carbocycles. The van der Waals surface area contributed by atoms with Gasteiger partial charge < -0.3 is 0 Å². The van der Waals surface area contributed by atoms with Gasteiger partial charge in [-0.15, -0.1) is 0 Å². The Hall–Kier alpha value is 0.630. The molecule has 0 rings (SSSR count). The first-order chi connectivity index (χ1) is 5.50. The number of hydrogen-bond donors (Lipinski definition) is 0. The Balaban J connectivity index is 3.54. The van der Waals surface area contributed by atoms with Gasteiger partial charge in [-0.3, -0.25) is 4.79 Å². The Kier molecular flexibility index (Phi) is 6.46. The van der Waals surface area contributed by atoms with Gasteiger partial charge in [0.1, 0.15) is 0 Å². The van der Waals surface area contributed by atoms with E-state index in [1.165, 1.54) is 19.3 Å². The second kappa shape index (κ2) is 6.14. The Morgan fingerprint density at radius 2 is 1.92 bits per heavy atom. The van der Waals surface area contributed by atoms with Crippen molar-refractivity contribution in [3.8, 4) is 0 Å². The fourth-order valence-corrected chi connectivity index (χ4v) is 1.46. The second-order valence-electron chi connectivity index (χ2n) is 3.28. The van der Waals surface area contributed by atoms with Gasteiger partial charge in [-0.2, -0.15) is 0 Å². The van der Waals surface area contributed by atoms with Gasteiger partial charge in [0.15, 0.2) is 0 Å². The summed E-state index contributed by atoms with van der Waals surface area (Å²) in [6, 6.07) is 0. The summed E-state index contributed by atoms with van der Waals surface area (Å²) >= 11 is 6.38. The van der Waals surface area contributed by atoms with E-state index in [1.54, 1.807) is 0 Å². The zero-order valence-corrected chi connectivity index (χ0v) is 10.9. The Morgan fingerprint density at radius 3 is 2.33 bits per heavy atom. The molecule has 0 amide bonds. The van der Waals surface area contributed by atoms with Crippen LogP contribution in [0.25, 0.3) is 0 Å². The number of unbranched alkanes of at least 4 members (excludes halogenated alkanes) is 3. The first-order valence-corrected chi connectivity index (χ1v) is 5.98. The summed E-state index contributed by atoms with van der Waals surface area (Å²) in [7, 11) is 0. The Morgan fingerprint density at radius 1 is 1.33 bits per heavy atom. The van der Waals surface area contributed by atoms with Crippen LogP contribution >= 0.6 is 31.9 Å². The molecule has 1 atom stereocenters. The van der Waals surface area contributed by atoms with E-state index in [0.29, 0.717) is 0 Å². The third-order valence-corrected chi connectivity index (χ3v) is 4.07. The molecule has 72 valence electrons. The van der Waals surface area contributed by atoms with Crippen LogP contribution in [0.5, 0.6) is 0 Å². The third-order valence-electron chi connectivity index (χ3n) is 1.91. The maximum Gasteiger partial charge on any atom is 0.214 e. The molecule has 0 fully saturated rings. The van der Waals surface area contributed by atoms with E-state index >= 15 is 0 Å². The molecule has 0 bridgehead atoms. The third kappa shape index (κ3) is 5.31. The van der Waals surface area contributed by atoms with Crippen molar-refractivity contribution in [3.05, 3.63) is 0 Å². The van der Waals surface area contributed by atoms with Crippen LogP contribution in [0.3, 0.4) is 0 Å². The fourth-order valence-electron chi connectivity index (χ4n) is 0.982. The van der Waals surface area contributed by atoms with E-state index in [4.69, 9.17) is 0 Å². The molecule has 0 aromatic rings. The smallest absolute Gasteiger partial charge is 0.214 e. The lowest BCUT2D eigenvalue weighted by Crippen LogP contribution is -2.22. The van der Waals surface area contributed by atoms with Crippen molar-refractivity contribution in [3.63, 3.8) is 0 Å². The number of alkyl halides is 1. The Bertz CT molecular complexity index is 143. The van der Waals surface area contributed by atoms with Crippen molar-refractivity contribution in [1.82, 2.24) is 0 Å². The predicted octanol–water partition coefficient (Wildman–Crippen LogP) is 4.03. The molecule has 12 heavy (non-hydrogen) atoms. The normalized spacial score (nSPS) is 15.7. The SMILES string of the molecule is CCCCCCC(C)(Br)C(=O)Br. The van der Waals surface area contributed by atoms with Gasteiger partial charge in [-0.1, -0.05) is 48.5 Å². The van der Waals surface area contributed by atoms with Gasteiger partial charge in [-0.05, 0) is 29.3 Å². The first-order valence-electron chi connectivity index (χ1n) is 4.39. The van der Waals surface area contributed by atoms with Crippen LogP contribution in [0, 0.1) is 0 Å². The minimum Gasteiger partial charge on any atom is -0.285 e. The van der Waals surface area contributed by atoms with Crippen LogP contribution in [-0.4, -0.2) is 9.02 Å². The molecule has 3 heteroatoms. The molecular weight excluding hydrogens is 284 g/mol. The molecule has 0 N–H and O–H groups in total. The van der Waals surface area contributed by atoms with E-state index in [0.717, 1.165) is 12.8 Å². The monoisotopic (exact) mass is 298 g/mol. The highest BCUT2D eigenvalue weighted by Gasteiger charge is 2.26. The largest absolute Gasteiger partial charge is 0.285 e. The lowest BCUT2D eigenvalue weighted by atomic mass is 10.0. The van der Waals surface area contributed by atoms with E-state index in [9.17, 15) is 4.79 Å². The van der Waals surface area contributed by atoms with Crippen molar-refractivity contribution in [2.24, 2.45) is 0 Å². The van der Waals surface area contributed by atoms with Crippen LogP contribution in [0.2, 0.25) is 0 Å². The molecular formula is C9H16Br2O. The molecule has 0 heterocycles. The molecule has 0 saturated heterocycles. The zero-order chi connectivity index (χ0) is 9.61. The topological polar surface area (TPSA) is 17.1 Å². The van der Waals surface area contributed by atoms with Gasteiger partial charge in [0.2, 0.25) is 4.69 Å². The molecule has 0 aliphatic rings. The van der Waals surface area contributed by atoms with E-state index in [1.807, 2.05) is 6.92 Å². The summed E-state index contributed by atoms with van der Waals surface area (Å²) in [5.41, 5.74) is 0. The quantitative estimate of drug-likeness (QED) is 0.411. The number of halogens is 2. The summed E-state index contributed by atoms with van der Waals surface area (Å²) < 4.78 is -0.313. The molecule has 0 radical (unpaired) electrons.